The first-order valence-electron chi connectivity index (χ1n) is 5.43. The molecule has 94 valence electrons. The molecule has 0 amide bonds. The molecule has 3 aromatic rings. The number of aromatic nitrogens is 2. The molecule has 0 aliphatic heterocycles. The molecule has 0 unspecified atom stereocenters. The number of ether oxygens (including phenoxy) is 1. The average Bonchev–Trinajstić information content (AvgIpc) is 2.88. The van der Waals surface area contributed by atoms with E-state index in [9.17, 15) is 4.79 Å². The van der Waals surface area contributed by atoms with Crippen molar-refractivity contribution in [2.75, 3.05) is 0 Å². The molecule has 0 fully saturated rings. The minimum absolute atomic E-state index is 0.230. The third-order valence-electron chi connectivity index (χ3n) is 2.51. The monoisotopic (exact) mass is 272 g/mol. The van der Waals surface area contributed by atoms with E-state index in [1.54, 1.807) is 5.38 Å². The fourth-order valence-electron chi connectivity index (χ4n) is 1.66. The van der Waals surface area contributed by atoms with Gasteiger partial charge in [-0.2, -0.15) is 0 Å². The van der Waals surface area contributed by atoms with Gasteiger partial charge in [-0.25, -0.2) is 14.8 Å². The van der Waals surface area contributed by atoms with E-state index in [0.29, 0.717) is 11.6 Å². The molecule has 0 bridgehead atoms. The van der Waals surface area contributed by atoms with Gasteiger partial charge in [0.15, 0.2) is 0 Å². The highest BCUT2D eigenvalue weighted by atomic mass is 32.1. The van der Waals surface area contributed by atoms with E-state index in [1.165, 1.54) is 12.4 Å². The maximum atomic E-state index is 10.8. The Bertz CT molecular complexity index is 749. The summed E-state index contributed by atoms with van der Waals surface area (Å²) in [5.41, 5.74) is 0.779. The number of hydrogen-bond donors (Lipinski definition) is 1. The lowest BCUT2D eigenvalue weighted by atomic mass is 10.2. The van der Waals surface area contributed by atoms with Crippen LogP contribution in [0.15, 0.2) is 42.0 Å². The second-order valence-corrected chi connectivity index (χ2v) is 4.66. The van der Waals surface area contributed by atoms with E-state index in [4.69, 9.17) is 9.84 Å². The number of benzene rings is 1. The SMILES string of the molecule is O=C(O)c1cc(Oc2ncnc3ccccc23)cs1. The van der Waals surface area contributed by atoms with Crippen LogP contribution in [0.1, 0.15) is 9.67 Å². The Balaban J connectivity index is 1.98. The summed E-state index contributed by atoms with van der Waals surface area (Å²) < 4.78 is 5.62. The van der Waals surface area contributed by atoms with Gasteiger partial charge >= 0.3 is 5.97 Å². The number of nitrogens with zero attached hydrogens (tertiary/aromatic N) is 2. The van der Waals surface area contributed by atoms with Crippen LogP contribution in [0.25, 0.3) is 10.9 Å². The molecule has 0 radical (unpaired) electrons. The number of carboxylic acids is 1. The molecular weight excluding hydrogens is 264 g/mol. The minimum atomic E-state index is -0.965. The fraction of sp³-hybridized carbons (Fsp3) is 0. The third-order valence-corrected chi connectivity index (χ3v) is 3.40. The van der Waals surface area contributed by atoms with Crippen LogP contribution < -0.4 is 4.74 Å². The smallest absolute Gasteiger partial charge is 0.346 e. The first-order valence-corrected chi connectivity index (χ1v) is 6.31. The lowest BCUT2D eigenvalue weighted by molar-refractivity contribution is 0.0702. The lowest BCUT2D eigenvalue weighted by Gasteiger charge is -2.04. The van der Waals surface area contributed by atoms with Crippen molar-refractivity contribution in [2.24, 2.45) is 0 Å². The van der Waals surface area contributed by atoms with Gasteiger partial charge in [-0.1, -0.05) is 12.1 Å². The maximum absolute atomic E-state index is 10.8. The van der Waals surface area contributed by atoms with Gasteiger partial charge in [0, 0.05) is 11.4 Å². The molecule has 2 aromatic heterocycles. The molecule has 6 heteroatoms. The second kappa shape index (κ2) is 4.66. The van der Waals surface area contributed by atoms with Crippen LogP contribution in [0.2, 0.25) is 0 Å². The molecule has 0 saturated carbocycles. The lowest BCUT2D eigenvalue weighted by Crippen LogP contribution is -1.92. The zero-order valence-electron chi connectivity index (χ0n) is 9.61. The van der Waals surface area contributed by atoms with Gasteiger partial charge in [0.2, 0.25) is 5.88 Å². The summed E-state index contributed by atoms with van der Waals surface area (Å²) in [6.45, 7) is 0. The van der Waals surface area contributed by atoms with Crippen LogP contribution in [0, 0.1) is 0 Å². The van der Waals surface area contributed by atoms with Crippen LogP contribution in [-0.2, 0) is 0 Å². The van der Waals surface area contributed by atoms with Crippen molar-refractivity contribution >= 4 is 28.2 Å². The molecule has 19 heavy (non-hydrogen) atoms. The van der Waals surface area contributed by atoms with Crippen molar-refractivity contribution in [3.05, 3.63) is 46.9 Å². The fourth-order valence-corrected chi connectivity index (χ4v) is 2.30. The molecule has 1 N–H and O–H groups in total. The van der Waals surface area contributed by atoms with Crippen LogP contribution in [0.5, 0.6) is 11.6 Å². The highest BCUT2D eigenvalue weighted by Crippen LogP contribution is 2.29. The van der Waals surface area contributed by atoms with Gasteiger partial charge in [-0.15, -0.1) is 11.3 Å². The molecule has 0 atom stereocenters. The van der Waals surface area contributed by atoms with Crippen molar-refractivity contribution in [2.45, 2.75) is 0 Å². The van der Waals surface area contributed by atoms with E-state index in [1.807, 2.05) is 24.3 Å². The molecule has 1 aromatic carbocycles. The Labute approximate surface area is 112 Å². The van der Waals surface area contributed by atoms with E-state index in [0.717, 1.165) is 22.2 Å². The van der Waals surface area contributed by atoms with Crippen molar-refractivity contribution in [1.29, 1.82) is 0 Å². The molecule has 2 heterocycles. The number of para-hydroxylation sites is 1. The van der Waals surface area contributed by atoms with Gasteiger partial charge in [-0.3, -0.25) is 0 Å². The van der Waals surface area contributed by atoms with E-state index < -0.39 is 5.97 Å². The highest BCUT2D eigenvalue weighted by Gasteiger charge is 2.10. The van der Waals surface area contributed by atoms with E-state index >= 15 is 0 Å². The topological polar surface area (TPSA) is 72.3 Å². The number of thiophene rings is 1. The van der Waals surface area contributed by atoms with Crippen molar-refractivity contribution in [1.82, 2.24) is 9.97 Å². The van der Waals surface area contributed by atoms with Crippen LogP contribution in [-0.4, -0.2) is 21.0 Å². The number of hydrogen-bond acceptors (Lipinski definition) is 5. The first-order chi connectivity index (χ1) is 9.24. The van der Waals surface area contributed by atoms with Gasteiger partial charge in [-0.05, 0) is 12.1 Å². The van der Waals surface area contributed by atoms with Gasteiger partial charge in [0.1, 0.15) is 17.0 Å². The molecule has 3 rings (SSSR count). The second-order valence-electron chi connectivity index (χ2n) is 3.75. The normalized spacial score (nSPS) is 10.5. The number of carboxylic acid groups (broad SMARTS) is 1. The summed E-state index contributed by atoms with van der Waals surface area (Å²) in [5, 5.41) is 11.3. The first kappa shape index (κ1) is 11.6. The molecule has 0 aliphatic carbocycles. The maximum Gasteiger partial charge on any atom is 0.346 e. The molecular formula is C13H8N2O3S. The Morgan fingerprint density at radius 2 is 2.11 bits per heavy atom. The summed E-state index contributed by atoms with van der Waals surface area (Å²) >= 11 is 1.11. The third kappa shape index (κ3) is 2.25. The number of carbonyl (C=O) groups is 1. The van der Waals surface area contributed by atoms with Crippen LogP contribution >= 0.6 is 11.3 Å². The zero-order valence-corrected chi connectivity index (χ0v) is 10.4. The van der Waals surface area contributed by atoms with Gasteiger partial charge in [0.25, 0.3) is 0 Å². The quantitative estimate of drug-likeness (QED) is 0.792. The van der Waals surface area contributed by atoms with E-state index in [2.05, 4.69) is 9.97 Å². The van der Waals surface area contributed by atoms with Crippen LogP contribution in [0.3, 0.4) is 0 Å². The van der Waals surface area contributed by atoms with Crippen molar-refractivity contribution < 1.29 is 14.6 Å². The Hall–Kier alpha value is -2.47. The highest BCUT2D eigenvalue weighted by molar-refractivity contribution is 7.12. The summed E-state index contributed by atoms with van der Waals surface area (Å²) in [6, 6.07) is 8.94. The summed E-state index contributed by atoms with van der Waals surface area (Å²) in [6.07, 6.45) is 1.42. The zero-order chi connectivity index (χ0) is 13.2. The predicted molar refractivity (Wildman–Crippen MR) is 70.9 cm³/mol. The summed E-state index contributed by atoms with van der Waals surface area (Å²) in [7, 11) is 0. The Morgan fingerprint density at radius 1 is 1.26 bits per heavy atom. The number of fused-ring (bicyclic) bond motifs is 1. The largest absolute Gasteiger partial charge is 0.477 e. The predicted octanol–water partition coefficient (Wildman–Crippen LogP) is 3.18. The Morgan fingerprint density at radius 3 is 2.89 bits per heavy atom. The summed E-state index contributed by atoms with van der Waals surface area (Å²) in [5.74, 6) is -0.0843. The number of rotatable bonds is 3. The molecule has 5 nitrogen and oxygen atoms in total. The van der Waals surface area contributed by atoms with Crippen molar-refractivity contribution in [3.8, 4) is 11.6 Å². The minimum Gasteiger partial charge on any atom is -0.477 e. The Kier molecular flexibility index (Phi) is 2.85. The number of aromatic carboxylic acids is 1. The van der Waals surface area contributed by atoms with E-state index in [-0.39, 0.29) is 4.88 Å². The standard InChI is InChI=1S/C13H8N2O3S/c16-13(17)11-5-8(6-19-11)18-12-9-3-1-2-4-10(9)14-7-15-12/h1-7H,(H,16,17). The molecule has 0 aliphatic rings. The molecule has 0 saturated heterocycles. The summed E-state index contributed by atoms with van der Waals surface area (Å²) in [4.78, 5) is 19.3. The van der Waals surface area contributed by atoms with Gasteiger partial charge in [0.05, 0.1) is 10.9 Å². The van der Waals surface area contributed by atoms with Crippen LogP contribution in [0.4, 0.5) is 0 Å². The van der Waals surface area contributed by atoms with Crippen molar-refractivity contribution in [3.63, 3.8) is 0 Å². The molecule has 0 spiro atoms. The van der Waals surface area contributed by atoms with Gasteiger partial charge < -0.3 is 9.84 Å². The average molecular weight is 272 g/mol.